The van der Waals surface area contributed by atoms with E-state index in [1.807, 2.05) is 6.92 Å². The summed E-state index contributed by atoms with van der Waals surface area (Å²) in [6.07, 6.45) is 9.06. The van der Waals surface area contributed by atoms with Crippen LogP contribution in [0.1, 0.15) is 72.6 Å². The molecule has 0 unspecified atom stereocenters. The smallest absolute Gasteiger partial charge is 0.356 e. The Bertz CT molecular complexity index is 1020. The molecule has 0 N–H and O–H groups in total. The molecule has 192 valence electrons. The van der Waals surface area contributed by atoms with Gasteiger partial charge in [-0.25, -0.2) is 4.79 Å². The van der Waals surface area contributed by atoms with Crippen LogP contribution < -0.4 is 0 Å². The van der Waals surface area contributed by atoms with E-state index in [1.54, 1.807) is 0 Å². The molecule has 5 aliphatic rings. The number of esters is 2. The van der Waals surface area contributed by atoms with Gasteiger partial charge in [-0.1, -0.05) is 35.8 Å². The number of allylic oxidation sites excluding steroid dienone is 1. The van der Waals surface area contributed by atoms with Crippen LogP contribution in [0.15, 0.2) is 22.0 Å². The second-order valence-corrected chi connectivity index (χ2v) is 11.6. The molecule has 4 aliphatic carbocycles. The average Bonchev–Trinajstić information content (AvgIpc) is 3.32. The minimum atomic E-state index is -0.806. The second kappa shape index (κ2) is 8.34. The summed E-state index contributed by atoms with van der Waals surface area (Å²) in [4.78, 5) is 35.7. The SMILES string of the molecule is CO/N=C(/C)[C@]12ON=C(C(=O)OC)[C@@H]1C[C@@H]1[C@@H]3CC=C4C[C@@H](OC(C)=O)CC[C@]4(C)[C@@H]3CC[C@@]12C. The lowest BCUT2D eigenvalue weighted by atomic mass is 9.46. The zero-order valence-corrected chi connectivity index (χ0v) is 21.8. The Kier molecular flexibility index (Phi) is 5.80. The molecule has 1 heterocycles. The predicted molar refractivity (Wildman–Crippen MR) is 130 cm³/mol. The molecule has 0 aromatic heterocycles. The van der Waals surface area contributed by atoms with Crippen molar-refractivity contribution in [3.05, 3.63) is 11.6 Å². The quantitative estimate of drug-likeness (QED) is 0.253. The second-order valence-electron chi connectivity index (χ2n) is 11.6. The molecule has 5 rings (SSSR count). The minimum absolute atomic E-state index is 0.00790. The van der Waals surface area contributed by atoms with Gasteiger partial charge in [0.2, 0.25) is 0 Å². The van der Waals surface area contributed by atoms with E-state index in [0.717, 1.165) is 50.7 Å². The first kappa shape index (κ1) is 24.3. The summed E-state index contributed by atoms with van der Waals surface area (Å²) in [5.74, 6) is 0.550. The molecule has 3 saturated carbocycles. The molecular weight excluding hydrogens is 448 g/mol. The molecule has 0 radical (unpaired) electrons. The van der Waals surface area contributed by atoms with Crippen LogP contribution in [0.3, 0.4) is 0 Å². The summed E-state index contributed by atoms with van der Waals surface area (Å²) in [6, 6.07) is 0. The first-order valence-electron chi connectivity index (χ1n) is 12.9. The minimum Gasteiger partial charge on any atom is -0.464 e. The highest BCUT2D eigenvalue weighted by Crippen LogP contribution is 2.70. The largest absolute Gasteiger partial charge is 0.464 e. The fourth-order valence-corrected chi connectivity index (χ4v) is 8.87. The average molecular weight is 487 g/mol. The lowest BCUT2D eigenvalue weighted by molar-refractivity contribution is -0.149. The Balaban J connectivity index is 1.51. The first-order valence-corrected chi connectivity index (χ1v) is 12.9. The van der Waals surface area contributed by atoms with Crippen molar-refractivity contribution >= 4 is 23.4 Å². The first-order chi connectivity index (χ1) is 16.6. The van der Waals surface area contributed by atoms with E-state index in [9.17, 15) is 9.59 Å². The lowest BCUT2D eigenvalue weighted by Crippen LogP contribution is -2.59. The Labute approximate surface area is 207 Å². The molecule has 0 aromatic carbocycles. The van der Waals surface area contributed by atoms with E-state index >= 15 is 0 Å². The van der Waals surface area contributed by atoms with Gasteiger partial charge in [0.25, 0.3) is 0 Å². The van der Waals surface area contributed by atoms with Crippen LogP contribution in [0.5, 0.6) is 0 Å². The standard InChI is InChI=1S/C27H38N2O6/c1-15(28-33-6)27-22(23(29-35-27)24(31)32-5)14-21-19-8-7-17-13-18(34-16(2)30)9-11-25(17,3)20(19)10-12-26(21,27)4/h7,18-22H,8-14H2,1-6H3/b28-15-/t18-,19+,20+,21+,22-,25-,26-,27-/m0/s1. The Morgan fingerprint density at radius 3 is 2.60 bits per heavy atom. The van der Waals surface area contributed by atoms with Gasteiger partial charge in [-0.2, -0.15) is 0 Å². The Morgan fingerprint density at radius 2 is 1.91 bits per heavy atom. The highest BCUT2D eigenvalue weighted by atomic mass is 16.7. The van der Waals surface area contributed by atoms with Crippen LogP contribution in [-0.2, 0) is 28.7 Å². The van der Waals surface area contributed by atoms with Crippen molar-refractivity contribution in [1.29, 1.82) is 0 Å². The number of carbonyl (C=O) groups is 2. The van der Waals surface area contributed by atoms with Gasteiger partial charge in [-0.05, 0) is 68.6 Å². The zero-order valence-electron chi connectivity index (χ0n) is 21.8. The number of rotatable bonds is 4. The summed E-state index contributed by atoms with van der Waals surface area (Å²) in [6.45, 7) is 8.15. The molecule has 8 atom stereocenters. The van der Waals surface area contributed by atoms with Gasteiger partial charge in [0, 0.05) is 18.8 Å². The van der Waals surface area contributed by atoms with E-state index in [4.69, 9.17) is 19.1 Å². The fourth-order valence-electron chi connectivity index (χ4n) is 8.87. The predicted octanol–water partition coefficient (Wildman–Crippen LogP) is 4.43. The summed E-state index contributed by atoms with van der Waals surface area (Å²) >= 11 is 0. The van der Waals surface area contributed by atoms with Crippen molar-refractivity contribution < 1.29 is 28.7 Å². The molecule has 0 spiro atoms. The third-order valence-corrected chi connectivity index (χ3v) is 10.4. The number of hydrogen-bond acceptors (Lipinski definition) is 8. The van der Waals surface area contributed by atoms with Crippen LogP contribution in [-0.4, -0.2) is 49.3 Å². The van der Waals surface area contributed by atoms with Gasteiger partial charge in [-0.3, -0.25) is 4.79 Å². The van der Waals surface area contributed by atoms with Crippen molar-refractivity contribution in [3.8, 4) is 0 Å². The van der Waals surface area contributed by atoms with Crippen molar-refractivity contribution in [2.24, 2.45) is 44.8 Å². The molecule has 0 saturated heterocycles. The van der Waals surface area contributed by atoms with Gasteiger partial charge < -0.3 is 19.1 Å². The van der Waals surface area contributed by atoms with E-state index in [-0.39, 0.29) is 28.8 Å². The van der Waals surface area contributed by atoms with Gasteiger partial charge in [-0.15, -0.1) is 0 Å². The Morgan fingerprint density at radius 1 is 1.14 bits per heavy atom. The molecule has 3 fully saturated rings. The highest BCUT2D eigenvalue weighted by Gasteiger charge is 2.74. The maximum atomic E-state index is 12.7. The summed E-state index contributed by atoms with van der Waals surface area (Å²) in [5.41, 5.74) is 1.63. The number of hydrogen-bond donors (Lipinski definition) is 0. The van der Waals surface area contributed by atoms with Gasteiger partial charge in [0.15, 0.2) is 11.3 Å². The third-order valence-electron chi connectivity index (χ3n) is 10.4. The van der Waals surface area contributed by atoms with Crippen molar-refractivity contribution in [3.63, 3.8) is 0 Å². The van der Waals surface area contributed by atoms with E-state index in [1.165, 1.54) is 26.7 Å². The van der Waals surface area contributed by atoms with Crippen LogP contribution in [0.2, 0.25) is 0 Å². The van der Waals surface area contributed by atoms with Crippen molar-refractivity contribution in [2.45, 2.75) is 84.3 Å². The fraction of sp³-hybridized carbons (Fsp3) is 0.778. The molecule has 0 amide bonds. The van der Waals surface area contributed by atoms with Crippen LogP contribution in [0.25, 0.3) is 0 Å². The van der Waals surface area contributed by atoms with Crippen LogP contribution in [0, 0.1) is 34.5 Å². The normalized spacial score (nSPS) is 43.9. The van der Waals surface area contributed by atoms with Crippen LogP contribution in [0.4, 0.5) is 0 Å². The van der Waals surface area contributed by atoms with Gasteiger partial charge in [0.1, 0.15) is 18.9 Å². The molecule has 35 heavy (non-hydrogen) atoms. The number of carbonyl (C=O) groups excluding carboxylic acids is 2. The Hall–Kier alpha value is -2.38. The summed E-state index contributed by atoms with van der Waals surface area (Å²) < 4.78 is 10.7. The maximum Gasteiger partial charge on any atom is 0.356 e. The van der Waals surface area contributed by atoms with Crippen molar-refractivity contribution in [1.82, 2.24) is 0 Å². The van der Waals surface area contributed by atoms with E-state index < -0.39 is 11.6 Å². The summed E-state index contributed by atoms with van der Waals surface area (Å²) in [5, 5.41) is 8.59. The number of nitrogens with zero attached hydrogens (tertiary/aromatic N) is 2. The third kappa shape index (κ3) is 3.23. The van der Waals surface area contributed by atoms with E-state index in [2.05, 4.69) is 30.2 Å². The number of oxime groups is 2. The van der Waals surface area contributed by atoms with Crippen LogP contribution >= 0.6 is 0 Å². The molecule has 1 aliphatic heterocycles. The maximum absolute atomic E-state index is 12.7. The lowest BCUT2D eigenvalue weighted by Gasteiger charge is -2.58. The number of ether oxygens (including phenoxy) is 2. The zero-order chi connectivity index (χ0) is 25.2. The number of fused-ring (bicyclic) bond motifs is 7. The van der Waals surface area contributed by atoms with Crippen molar-refractivity contribution in [2.75, 3.05) is 14.2 Å². The molecule has 8 nitrogen and oxygen atoms in total. The molecular formula is C27H38N2O6. The monoisotopic (exact) mass is 486 g/mol. The molecule has 8 heteroatoms. The molecule has 0 bridgehead atoms. The molecule has 0 aromatic rings. The topological polar surface area (TPSA) is 95.8 Å². The number of methoxy groups -OCH3 is 1. The summed E-state index contributed by atoms with van der Waals surface area (Å²) in [7, 11) is 2.93. The van der Waals surface area contributed by atoms with Gasteiger partial charge in [0.05, 0.1) is 13.0 Å². The van der Waals surface area contributed by atoms with E-state index in [0.29, 0.717) is 23.5 Å². The highest BCUT2D eigenvalue weighted by molar-refractivity contribution is 6.38. The van der Waals surface area contributed by atoms with Gasteiger partial charge >= 0.3 is 11.9 Å².